The molecule has 0 aliphatic rings. The monoisotopic (exact) mass is 164 g/mol. The zero-order chi connectivity index (χ0) is 9.14. The van der Waals surface area contributed by atoms with Crippen LogP contribution in [-0.4, -0.2) is 5.11 Å². The molecule has 12 heavy (non-hydrogen) atoms. The zero-order valence-corrected chi connectivity index (χ0v) is 7.96. The molecule has 0 atom stereocenters. The summed E-state index contributed by atoms with van der Waals surface area (Å²) in [7, 11) is 0. The van der Waals surface area contributed by atoms with Crippen molar-refractivity contribution in [3.8, 4) is 5.75 Å². The molecule has 66 valence electrons. The van der Waals surface area contributed by atoms with Crippen LogP contribution >= 0.6 is 0 Å². The first kappa shape index (κ1) is 9.11. The summed E-state index contributed by atoms with van der Waals surface area (Å²) in [6, 6.07) is 5.62. The van der Waals surface area contributed by atoms with Gasteiger partial charge < -0.3 is 5.11 Å². The van der Waals surface area contributed by atoms with Gasteiger partial charge in [0.15, 0.2) is 0 Å². The Kier molecular flexibility index (Phi) is 2.74. The lowest BCUT2D eigenvalue weighted by Crippen LogP contribution is -1.94. The Balaban J connectivity index is 3.12. The predicted molar refractivity (Wildman–Crippen MR) is 51.6 cm³/mol. The first-order valence-electron chi connectivity index (χ1n) is 4.47. The van der Waals surface area contributed by atoms with Gasteiger partial charge in [0.25, 0.3) is 0 Å². The van der Waals surface area contributed by atoms with E-state index >= 15 is 0 Å². The Labute approximate surface area is 74.1 Å². The molecule has 0 saturated heterocycles. The van der Waals surface area contributed by atoms with Gasteiger partial charge in [-0.15, -0.1) is 0 Å². The number of hydrogen-bond donors (Lipinski definition) is 1. The van der Waals surface area contributed by atoms with E-state index in [0.717, 1.165) is 6.42 Å². The predicted octanol–water partition coefficient (Wildman–Crippen LogP) is 3.08. The molecule has 0 radical (unpaired) electrons. The summed E-state index contributed by atoms with van der Waals surface area (Å²) < 4.78 is 0. The molecule has 1 heteroatoms. The summed E-state index contributed by atoms with van der Waals surface area (Å²) in [5.41, 5.74) is 2.60. The molecule has 0 heterocycles. The van der Waals surface area contributed by atoms with Crippen LogP contribution in [0.5, 0.6) is 5.75 Å². The van der Waals surface area contributed by atoms with E-state index < -0.39 is 0 Å². The smallest absolute Gasteiger partial charge is 0.115 e. The Morgan fingerprint density at radius 2 is 2.00 bits per heavy atom. The van der Waals surface area contributed by atoms with E-state index in [1.165, 1.54) is 11.1 Å². The summed E-state index contributed by atoms with van der Waals surface area (Å²) in [4.78, 5) is 0. The number of rotatable bonds is 2. The molecular formula is C11H16O. The molecule has 1 nitrogen and oxygen atoms in total. The first-order valence-corrected chi connectivity index (χ1v) is 4.47. The van der Waals surface area contributed by atoms with Crippen LogP contribution in [0.2, 0.25) is 0 Å². The van der Waals surface area contributed by atoms with Gasteiger partial charge in [-0.05, 0) is 35.6 Å². The molecule has 1 rings (SSSR count). The molecule has 0 amide bonds. The third kappa shape index (κ3) is 1.79. The van der Waals surface area contributed by atoms with E-state index in [0.29, 0.717) is 11.7 Å². The Morgan fingerprint density at radius 3 is 2.50 bits per heavy atom. The fourth-order valence-electron chi connectivity index (χ4n) is 1.44. The van der Waals surface area contributed by atoms with E-state index in [-0.39, 0.29) is 0 Å². The second kappa shape index (κ2) is 3.61. The van der Waals surface area contributed by atoms with Crippen LogP contribution in [0.3, 0.4) is 0 Å². The fraction of sp³-hybridized carbons (Fsp3) is 0.455. The summed E-state index contributed by atoms with van der Waals surface area (Å²) in [6.07, 6.45) is 1.04. The van der Waals surface area contributed by atoms with E-state index in [1.54, 1.807) is 6.07 Å². The standard InChI is InChI=1S/C11H16O/c1-4-9-5-6-10(12)7-11(9)8(2)3/h5-8,12H,4H2,1-3H3. The van der Waals surface area contributed by atoms with Gasteiger partial charge in [-0.3, -0.25) is 0 Å². The van der Waals surface area contributed by atoms with Crippen LogP contribution in [0.1, 0.15) is 37.8 Å². The number of aromatic hydroxyl groups is 1. The lowest BCUT2D eigenvalue weighted by atomic mass is 9.95. The Hall–Kier alpha value is -0.980. The summed E-state index contributed by atoms with van der Waals surface area (Å²) in [5, 5.41) is 9.28. The Bertz CT molecular complexity index is 264. The minimum Gasteiger partial charge on any atom is -0.508 e. The fourth-order valence-corrected chi connectivity index (χ4v) is 1.44. The lowest BCUT2D eigenvalue weighted by molar-refractivity contribution is 0.473. The van der Waals surface area contributed by atoms with Crippen molar-refractivity contribution in [1.82, 2.24) is 0 Å². The van der Waals surface area contributed by atoms with Crippen molar-refractivity contribution in [2.75, 3.05) is 0 Å². The molecule has 0 spiro atoms. The number of phenolic OH excluding ortho intramolecular Hbond substituents is 1. The van der Waals surface area contributed by atoms with Gasteiger partial charge in [0.05, 0.1) is 0 Å². The molecule has 0 aliphatic carbocycles. The average Bonchev–Trinajstić information content (AvgIpc) is 2.04. The Morgan fingerprint density at radius 1 is 1.33 bits per heavy atom. The molecule has 1 N–H and O–H groups in total. The van der Waals surface area contributed by atoms with Gasteiger partial charge in [-0.25, -0.2) is 0 Å². The highest BCUT2D eigenvalue weighted by atomic mass is 16.3. The normalized spacial score (nSPS) is 10.7. The highest BCUT2D eigenvalue weighted by molar-refractivity contribution is 5.36. The highest BCUT2D eigenvalue weighted by Gasteiger charge is 2.05. The third-order valence-electron chi connectivity index (χ3n) is 2.13. The zero-order valence-electron chi connectivity index (χ0n) is 7.96. The van der Waals surface area contributed by atoms with Gasteiger partial charge in [0.1, 0.15) is 5.75 Å². The third-order valence-corrected chi connectivity index (χ3v) is 2.13. The van der Waals surface area contributed by atoms with Crippen molar-refractivity contribution in [1.29, 1.82) is 0 Å². The van der Waals surface area contributed by atoms with Crippen LogP contribution in [0.15, 0.2) is 18.2 Å². The van der Waals surface area contributed by atoms with Crippen molar-refractivity contribution in [3.05, 3.63) is 29.3 Å². The van der Waals surface area contributed by atoms with Crippen LogP contribution in [0.4, 0.5) is 0 Å². The maximum Gasteiger partial charge on any atom is 0.115 e. The van der Waals surface area contributed by atoms with E-state index in [9.17, 15) is 5.11 Å². The largest absolute Gasteiger partial charge is 0.508 e. The quantitative estimate of drug-likeness (QED) is 0.712. The van der Waals surface area contributed by atoms with Gasteiger partial charge in [-0.2, -0.15) is 0 Å². The average molecular weight is 164 g/mol. The molecule has 0 unspecified atom stereocenters. The molecule has 0 fully saturated rings. The van der Waals surface area contributed by atoms with Gasteiger partial charge >= 0.3 is 0 Å². The molecule has 1 aromatic rings. The topological polar surface area (TPSA) is 20.2 Å². The van der Waals surface area contributed by atoms with Crippen molar-refractivity contribution in [3.63, 3.8) is 0 Å². The lowest BCUT2D eigenvalue weighted by Gasteiger charge is -2.11. The highest BCUT2D eigenvalue weighted by Crippen LogP contribution is 2.24. The molecule has 0 saturated carbocycles. The summed E-state index contributed by atoms with van der Waals surface area (Å²) in [6.45, 7) is 6.43. The molecule has 1 aromatic carbocycles. The first-order chi connectivity index (χ1) is 5.65. The second-order valence-corrected chi connectivity index (χ2v) is 3.39. The second-order valence-electron chi connectivity index (χ2n) is 3.39. The van der Waals surface area contributed by atoms with Crippen LogP contribution < -0.4 is 0 Å². The maximum absolute atomic E-state index is 9.28. The minimum absolute atomic E-state index is 0.371. The van der Waals surface area contributed by atoms with Crippen molar-refractivity contribution < 1.29 is 5.11 Å². The van der Waals surface area contributed by atoms with Crippen molar-refractivity contribution in [2.24, 2.45) is 0 Å². The molecule has 0 aromatic heterocycles. The van der Waals surface area contributed by atoms with E-state index in [4.69, 9.17) is 0 Å². The number of phenols is 1. The number of hydrogen-bond acceptors (Lipinski definition) is 1. The SMILES string of the molecule is CCc1ccc(O)cc1C(C)C. The summed E-state index contributed by atoms with van der Waals surface area (Å²) >= 11 is 0. The van der Waals surface area contributed by atoms with E-state index in [1.807, 2.05) is 12.1 Å². The summed E-state index contributed by atoms with van der Waals surface area (Å²) in [5.74, 6) is 0.864. The van der Waals surface area contributed by atoms with Crippen molar-refractivity contribution >= 4 is 0 Å². The van der Waals surface area contributed by atoms with Gasteiger partial charge in [-0.1, -0.05) is 26.8 Å². The molecular weight excluding hydrogens is 148 g/mol. The number of benzene rings is 1. The van der Waals surface area contributed by atoms with E-state index in [2.05, 4.69) is 20.8 Å². The van der Waals surface area contributed by atoms with Gasteiger partial charge in [0.2, 0.25) is 0 Å². The van der Waals surface area contributed by atoms with Crippen LogP contribution in [0.25, 0.3) is 0 Å². The molecule has 0 bridgehead atoms. The maximum atomic E-state index is 9.28. The van der Waals surface area contributed by atoms with Crippen molar-refractivity contribution in [2.45, 2.75) is 33.1 Å². The minimum atomic E-state index is 0.371. The number of aryl methyl sites for hydroxylation is 1. The van der Waals surface area contributed by atoms with Gasteiger partial charge in [0, 0.05) is 0 Å². The van der Waals surface area contributed by atoms with Crippen LogP contribution in [0, 0.1) is 0 Å². The van der Waals surface area contributed by atoms with Crippen LogP contribution in [-0.2, 0) is 6.42 Å². The molecule has 0 aliphatic heterocycles.